The number of urea groups is 1. The molecule has 0 bridgehead atoms. The smallest absolute Gasteiger partial charge is 0.317 e. The molecule has 5 nitrogen and oxygen atoms in total. The number of nitrogens with one attached hydrogen (secondary N) is 2. The molecular formula is C5H6N4O. The fourth-order valence-corrected chi connectivity index (χ4v) is 0.986. The van der Waals surface area contributed by atoms with Crippen LogP contribution in [-0.4, -0.2) is 30.8 Å². The van der Waals surface area contributed by atoms with E-state index in [1.165, 1.54) is 6.34 Å². The van der Waals surface area contributed by atoms with E-state index in [1.807, 2.05) is 0 Å². The van der Waals surface area contributed by atoms with Crippen molar-refractivity contribution in [3.8, 4) is 0 Å². The van der Waals surface area contributed by atoms with E-state index < -0.39 is 0 Å². The molecule has 0 aromatic carbocycles. The molecule has 2 aliphatic heterocycles. The minimum Gasteiger partial charge on any atom is -0.326 e. The maximum Gasteiger partial charge on any atom is 0.317 e. The molecule has 0 saturated carbocycles. The molecule has 2 unspecified atom stereocenters. The van der Waals surface area contributed by atoms with Crippen molar-refractivity contribution >= 4 is 18.6 Å². The number of nitrogens with zero attached hydrogens (tertiary/aromatic N) is 2. The second-order valence-corrected chi connectivity index (χ2v) is 2.15. The number of carbonyl (C=O) groups is 1. The van der Waals surface area contributed by atoms with Gasteiger partial charge in [-0.15, -0.1) is 0 Å². The van der Waals surface area contributed by atoms with Gasteiger partial charge in [-0.2, -0.15) is 0 Å². The molecule has 2 N–H and O–H groups in total. The van der Waals surface area contributed by atoms with Gasteiger partial charge in [-0.1, -0.05) is 0 Å². The van der Waals surface area contributed by atoms with Crippen molar-refractivity contribution in [2.45, 2.75) is 12.2 Å². The zero-order valence-corrected chi connectivity index (χ0v) is 5.11. The Bertz CT molecular complexity index is 200. The van der Waals surface area contributed by atoms with Gasteiger partial charge in [0.15, 0.2) is 0 Å². The fraction of sp³-hybridized carbons (Fsp3) is 0.400. The van der Waals surface area contributed by atoms with Gasteiger partial charge in [0, 0.05) is 6.21 Å². The molecule has 0 aromatic heterocycles. The highest BCUT2D eigenvalue weighted by Gasteiger charge is 2.30. The van der Waals surface area contributed by atoms with Crippen LogP contribution < -0.4 is 10.6 Å². The standard InChI is InChI=1S/C5H6N4O/c10-5-8-3-1-6-2-7-4(3)9-5/h1-4H,(H2,8,9,10). The van der Waals surface area contributed by atoms with Gasteiger partial charge in [-0.25, -0.2) is 14.8 Å². The first-order valence-electron chi connectivity index (χ1n) is 2.98. The third-order valence-corrected chi connectivity index (χ3v) is 1.46. The molecule has 2 atom stereocenters. The van der Waals surface area contributed by atoms with E-state index in [4.69, 9.17) is 0 Å². The molecule has 10 heavy (non-hydrogen) atoms. The Morgan fingerprint density at radius 2 is 2.40 bits per heavy atom. The summed E-state index contributed by atoms with van der Waals surface area (Å²) >= 11 is 0. The molecule has 52 valence electrons. The van der Waals surface area contributed by atoms with E-state index in [0.29, 0.717) is 0 Å². The summed E-state index contributed by atoms with van der Waals surface area (Å²) in [5.41, 5.74) is 0. The average molecular weight is 138 g/mol. The van der Waals surface area contributed by atoms with E-state index in [-0.39, 0.29) is 18.2 Å². The van der Waals surface area contributed by atoms with E-state index >= 15 is 0 Å². The molecule has 2 heterocycles. The van der Waals surface area contributed by atoms with Crippen molar-refractivity contribution in [2.75, 3.05) is 0 Å². The zero-order valence-electron chi connectivity index (χ0n) is 5.11. The van der Waals surface area contributed by atoms with Crippen molar-refractivity contribution in [2.24, 2.45) is 9.98 Å². The Kier molecular flexibility index (Phi) is 0.969. The van der Waals surface area contributed by atoms with Crippen LogP contribution in [0.4, 0.5) is 4.79 Å². The number of hydrogen-bond donors (Lipinski definition) is 2. The van der Waals surface area contributed by atoms with Crippen molar-refractivity contribution in [1.29, 1.82) is 0 Å². The summed E-state index contributed by atoms with van der Waals surface area (Å²) in [7, 11) is 0. The highest BCUT2D eigenvalue weighted by atomic mass is 16.2. The van der Waals surface area contributed by atoms with Crippen molar-refractivity contribution < 1.29 is 4.79 Å². The number of fused-ring (bicyclic) bond motifs is 1. The van der Waals surface area contributed by atoms with Gasteiger partial charge in [-0.05, 0) is 0 Å². The lowest BCUT2D eigenvalue weighted by Gasteiger charge is -2.10. The molecule has 0 aliphatic carbocycles. The number of amides is 2. The quantitative estimate of drug-likeness (QED) is 0.448. The normalized spacial score (nSPS) is 35.0. The molecular weight excluding hydrogens is 132 g/mol. The first-order valence-corrected chi connectivity index (χ1v) is 2.98. The van der Waals surface area contributed by atoms with Gasteiger partial charge in [0.1, 0.15) is 18.5 Å². The summed E-state index contributed by atoms with van der Waals surface area (Å²) in [5, 5.41) is 5.26. The van der Waals surface area contributed by atoms with E-state index in [9.17, 15) is 4.79 Å². The Morgan fingerprint density at radius 1 is 1.50 bits per heavy atom. The Hall–Kier alpha value is -1.39. The summed E-state index contributed by atoms with van der Waals surface area (Å²) in [5.74, 6) is 0. The summed E-state index contributed by atoms with van der Waals surface area (Å²) in [4.78, 5) is 18.4. The van der Waals surface area contributed by atoms with Gasteiger partial charge in [-0.3, -0.25) is 0 Å². The van der Waals surface area contributed by atoms with Crippen LogP contribution in [0.1, 0.15) is 0 Å². The number of carbonyl (C=O) groups excluding carboxylic acids is 1. The average Bonchev–Trinajstić information content (AvgIpc) is 2.27. The van der Waals surface area contributed by atoms with Gasteiger partial charge >= 0.3 is 6.03 Å². The molecule has 0 spiro atoms. The first-order chi connectivity index (χ1) is 4.86. The van der Waals surface area contributed by atoms with Gasteiger partial charge in [0.25, 0.3) is 0 Å². The summed E-state index contributed by atoms with van der Waals surface area (Å²) in [6.07, 6.45) is 2.95. The van der Waals surface area contributed by atoms with Crippen LogP contribution in [0.3, 0.4) is 0 Å². The molecule has 5 heteroatoms. The van der Waals surface area contributed by atoms with E-state index in [1.54, 1.807) is 6.21 Å². The Labute approximate surface area is 57.2 Å². The summed E-state index contributed by atoms with van der Waals surface area (Å²) in [6, 6.07) is -0.238. The van der Waals surface area contributed by atoms with Crippen molar-refractivity contribution in [3.05, 3.63) is 0 Å². The van der Waals surface area contributed by atoms with Crippen LogP contribution in [0.25, 0.3) is 0 Å². The lowest BCUT2D eigenvalue weighted by molar-refractivity contribution is 0.247. The number of hydrogen-bond acceptors (Lipinski definition) is 3. The number of aliphatic imine (C=N–C) groups is 2. The highest BCUT2D eigenvalue weighted by Crippen LogP contribution is 2.02. The van der Waals surface area contributed by atoms with Crippen LogP contribution >= 0.6 is 0 Å². The SMILES string of the molecule is O=C1NC2C=NC=NC2N1. The molecule has 1 fully saturated rings. The Balaban J connectivity index is 2.22. The van der Waals surface area contributed by atoms with Crippen LogP contribution in [0, 0.1) is 0 Å². The number of rotatable bonds is 0. The molecule has 2 rings (SSSR count). The van der Waals surface area contributed by atoms with Crippen LogP contribution in [-0.2, 0) is 0 Å². The summed E-state index contributed by atoms with van der Waals surface area (Å²) in [6.45, 7) is 0. The highest BCUT2D eigenvalue weighted by molar-refractivity contribution is 5.88. The monoisotopic (exact) mass is 138 g/mol. The zero-order chi connectivity index (χ0) is 6.97. The second-order valence-electron chi connectivity index (χ2n) is 2.15. The predicted molar refractivity (Wildman–Crippen MR) is 36.2 cm³/mol. The molecule has 2 aliphatic rings. The third-order valence-electron chi connectivity index (χ3n) is 1.46. The molecule has 0 radical (unpaired) electrons. The predicted octanol–water partition coefficient (Wildman–Crippen LogP) is -0.893. The first kappa shape index (κ1) is 5.40. The molecule has 1 saturated heterocycles. The van der Waals surface area contributed by atoms with Crippen molar-refractivity contribution in [3.63, 3.8) is 0 Å². The maximum absolute atomic E-state index is 10.7. The lowest BCUT2D eigenvalue weighted by Crippen LogP contribution is -2.35. The summed E-state index contributed by atoms with van der Waals surface area (Å²) < 4.78 is 0. The lowest BCUT2D eigenvalue weighted by atomic mass is 10.3. The van der Waals surface area contributed by atoms with Crippen LogP contribution in [0.2, 0.25) is 0 Å². The third kappa shape index (κ3) is 0.671. The van der Waals surface area contributed by atoms with E-state index in [0.717, 1.165) is 0 Å². The largest absolute Gasteiger partial charge is 0.326 e. The fourth-order valence-electron chi connectivity index (χ4n) is 0.986. The molecule has 2 amide bonds. The van der Waals surface area contributed by atoms with Gasteiger partial charge < -0.3 is 10.6 Å². The van der Waals surface area contributed by atoms with E-state index in [2.05, 4.69) is 20.6 Å². The minimum atomic E-state index is -0.180. The minimum absolute atomic E-state index is 0.0579. The van der Waals surface area contributed by atoms with Gasteiger partial charge in [0.05, 0.1) is 0 Å². The second kappa shape index (κ2) is 1.80. The van der Waals surface area contributed by atoms with Crippen LogP contribution in [0.15, 0.2) is 9.98 Å². The van der Waals surface area contributed by atoms with Gasteiger partial charge in [0.2, 0.25) is 0 Å². The van der Waals surface area contributed by atoms with Crippen molar-refractivity contribution in [1.82, 2.24) is 10.6 Å². The van der Waals surface area contributed by atoms with Crippen LogP contribution in [0.5, 0.6) is 0 Å². The topological polar surface area (TPSA) is 65.8 Å². The Morgan fingerprint density at radius 3 is 3.20 bits per heavy atom. The maximum atomic E-state index is 10.7. The molecule has 0 aromatic rings.